The lowest BCUT2D eigenvalue weighted by Crippen LogP contribution is -2.50. The molecule has 7 heteroatoms. The molecule has 4 rings (SSSR count). The van der Waals surface area contributed by atoms with Crippen LogP contribution in [0.4, 0.5) is 9.93 Å². The number of rotatable bonds is 3. The van der Waals surface area contributed by atoms with Gasteiger partial charge in [-0.15, -0.1) is 17.9 Å². The van der Waals surface area contributed by atoms with Crippen LogP contribution < -0.4 is 10.6 Å². The summed E-state index contributed by atoms with van der Waals surface area (Å²) in [6, 6.07) is -0.268. The molecule has 0 spiro atoms. The van der Waals surface area contributed by atoms with Crippen molar-refractivity contribution in [3.8, 4) is 0 Å². The van der Waals surface area contributed by atoms with Crippen molar-refractivity contribution in [3.63, 3.8) is 0 Å². The van der Waals surface area contributed by atoms with Gasteiger partial charge in [0, 0.05) is 29.2 Å². The topological polar surface area (TPSA) is 80.3 Å². The first-order valence-electron chi connectivity index (χ1n) is 9.70. The van der Waals surface area contributed by atoms with E-state index in [0.29, 0.717) is 17.6 Å². The predicted octanol–water partition coefficient (Wildman–Crippen LogP) is 3.70. The van der Waals surface area contributed by atoms with Crippen molar-refractivity contribution in [3.05, 3.63) is 23.2 Å². The molecular weight excluding hydrogens is 362 g/mol. The molecule has 1 saturated carbocycles. The molecule has 2 heterocycles. The Morgan fingerprint density at radius 3 is 2.96 bits per heavy atom. The zero-order valence-corrected chi connectivity index (χ0v) is 16.9. The molecule has 6 unspecified atom stereocenters. The smallest absolute Gasteiger partial charge is 0.321 e. The zero-order chi connectivity index (χ0) is 19.3. The van der Waals surface area contributed by atoms with Gasteiger partial charge < -0.3 is 10.1 Å². The van der Waals surface area contributed by atoms with E-state index in [9.17, 15) is 9.59 Å². The van der Waals surface area contributed by atoms with Gasteiger partial charge in [0.2, 0.25) is 0 Å². The summed E-state index contributed by atoms with van der Waals surface area (Å²) < 4.78 is 5.86. The number of esters is 1. The van der Waals surface area contributed by atoms with Crippen LogP contribution in [0.2, 0.25) is 0 Å². The average molecular weight is 390 g/mol. The van der Waals surface area contributed by atoms with E-state index in [4.69, 9.17) is 9.72 Å². The van der Waals surface area contributed by atoms with Crippen molar-refractivity contribution in [1.29, 1.82) is 0 Å². The summed E-state index contributed by atoms with van der Waals surface area (Å²) in [5, 5.41) is 6.17. The third-order valence-electron chi connectivity index (χ3n) is 6.79. The fourth-order valence-corrected chi connectivity index (χ4v) is 6.70. The maximum absolute atomic E-state index is 12.2. The average Bonchev–Trinajstić information content (AvgIpc) is 3.13. The second-order valence-electron chi connectivity index (χ2n) is 8.49. The van der Waals surface area contributed by atoms with E-state index in [1.165, 1.54) is 4.88 Å². The highest BCUT2D eigenvalue weighted by molar-refractivity contribution is 7.15. The quantitative estimate of drug-likeness (QED) is 0.610. The molecule has 3 aliphatic rings. The second kappa shape index (κ2) is 6.62. The standard InChI is InChI=1S/C20H27N3O3S/c1-5-8-21-18(25)23-19-22-15-11(3)14-16-12(10(2)17(24)26-16)6-7-20(14,4)9-13(15)27-19/h5,10-12,14,16H,1,6-9H2,2-4H3,(H2,21,22,23,25). The van der Waals surface area contributed by atoms with Gasteiger partial charge >= 0.3 is 12.0 Å². The third-order valence-corrected chi connectivity index (χ3v) is 7.77. The van der Waals surface area contributed by atoms with Crippen LogP contribution in [0, 0.1) is 23.2 Å². The minimum absolute atomic E-state index is 0.00522. The summed E-state index contributed by atoms with van der Waals surface area (Å²) in [7, 11) is 0. The first-order chi connectivity index (χ1) is 12.8. The van der Waals surface area contributed by atoms with Gasteiger partial charge in [-0.05, 0) is 24.7 Å². The number of aromatic nitrogens is 1. The van der Waals surface area contributed by atoms with E-state index in [2.05, 4.69) is 31.1 Å². The van der Waals surface area contributed by atoms with Gasteiger partial charge in [-0.3, -0.25) is 10.1 Å². The molecule has 6 atom stereocenters. The van der Waals surface area contributed by atoms with E-state index in [1.807, 2.05) is 6.92 Å². The molecule has 2 aliphatic carbocycles. The lowest BCUT2D eigenvalue weighted by molar-refractivity contribution is -0.149. The predicted molar refractivity (Wildman–Crippen MR) is 105 cm³/mol. The number of thiazole rings is 1. The molecule has 0 bridgehead atoms. The Hall–Kier alpha value is -1.89. The molecule has 1 aromatic heterocycles. The lowest BCUT2D eigenvalue weighted by atomic mass is 9.54. The molecule has 2 amide bonds. The number of carbonyl (C=O) groups excluding carboxylic acids is 2. The van der Waals surface area contributed by atoms with Crippen LogP contribution in [0.5, 0.6) is 0 Å². The Morgan fingerprint density at radius 2 is 2.22 bits per heavy atom. The largest absolute Gasteiger partial charge is 0.461 e. The van der Waals surface area contributed by atoms with Crippen LogP contribution in [-0.4, -0.2) is 29.6 Å². The van der Waals surface area contributed by atoms with Crippen molar-refractivity contribution < 1.29 is 14.3 Å². The number of nitrogens with one attached hydrogen (secondary N) is 2. The van der Waals surface area contributed by atoms with E-state index >= 15 is 0 Å². The van der Waals surface area contributed by atoms with Gasteiger partial charge in [-0.25, -0.2) is 9.78 Å². The van der Waals surface area contributed by atoms with Gasteiger partial charge in [-0.2, -0.15) is 0 Å². The van der Waals surface area contributed by atoms with E-state index < -0.39 is 0 Å². The summed E-state index contributed by atoms with van der Waals surface area (Å²) in [5.74, 6) is 0.747. The summed E-state index contributed by atoms with van der Waals surface area (Å²) in [6.45, 7) is 10.5. The molecule has 1 aromatic rings. The highest BCUT2D eigenvalue weighted by Gasteiger charge is 2.58. The SMILES string of the molecule is C=CCNC(=O)Nc1nc2c(s1)CC1(C)CCC3C(C)C(=O)OC3C1C2C. The Balaban J connectivity index is 1.60. The van der Waals surface area contributed by atoms with Gasteiger partial charge in [0.25, 0.3) is 0 Å². The Morgan fingerprint density at radius 1 is 1.44 bits per heavy atom. The number of nitrogens with zero attached hydrogens (tertiary/aromatic N) is 1. The van der Waals surface area contributed by atoms with Crippen LogP contribution in [0.15, 0.2) is 12.7 Å². The number of anilines is 1. The van der Waals surface area contributed by atoms with Crippen LogP contribution >= 0.6 is 11.3 Å². The highest BCUT2D eigenvalue weighted by Crippen LogP contribution is 2.59. The molecule has 6 nitrogen and oxygen atoms in total. The van der Waals surface area contributed by atoms with E-state index in [-0.39, 0.29) is 41.3 Å². The fraction of sp³-hybridized carbons (Fsp3) is 0.650. The van der Waals surface area contributed by atoms with Crippen LogP contribution in [0.3, 0.4) is 0 Å². The lowest BCUT2D eigenvalue weighted by Gasteiger charge is -2.51. The summed E-state index contributed by atoms with van der Waals surface area (Å²) >= 11 is 1.56. The van der Waals surface area contributed by atoms with Gasteiger partial charge in [0.05, 0.1) is 11.6 Å². The minimum atomic E-state index is -0.268. The summed E-state index contributed by atoms with van der Waals surface area (Å²) in [4.78, 5) is 30.1. The van der Waals surface area contributed by atoms with Crippen molar-refractivity contribution in [1.82, 2.24) is 10.3 Å². The zero-order valence-electron chi connectivity index (χ0n) is 16.1. The maximum atomic E-state index is 12.2. The van der Waals surface area contributed by atoms with Gasteiger partial charge in [0.15, 0.2) is 5.13 Å². The van der Waals surface area contributed by atoms with Crippen molar-refractivity contribution >= 4 is 28.5 Å². The monoisotopic (exact) mass is 389 g/mol. The Bertz CT molecular complexity index is 791. The van der Waals surface area contributed by atoms with Gasteiger partial charge in [-0.1, -0.05) is 26.8 Å². The summed E-state index contributed by atoms with van der Waals surface area (Å²) in [5.41, 5.74) is 1.16. The molecule has 1 saturated heterocycles. The molecule has 27 heavy (non-hydrogen) atoms. The van der Waals surface area contributed by atoms with E-state index in [0.717, 1.165) is 25.0 Å². The molecule has 2 N–H and O–H groups in total. The molecule has 0 aromatic carbocycles. The van der Waals surface area contributed by atoms with Crippen LogP contribution in [0.1, 0.15) is 50.1 Å². The molecular formula is C20H27N3O3S. The normalized spacial score (nSPS) is 36.9. The highest BCUT2D eigenvalue weighted by atomic mass is 32.1. The fourth-order valence-electron chi connectivity index (χ4n) is 5.44. The molecule has 2 fully saturated rings. The first kappa shape index (κ1) is 18.5. The van der Waals surface area contributed by atoms with Crippen LogP contribution in [-0.2, 0) is 16.0 Å². The van der Waals surface area contributed by atoms with Crippen molar-refractivity contribution in [2.75, 3.05) is 11.9 Å². The molecule has 146 valence electrons. The van der Waals surface area contributed by atoms with Crippen LogP contribution in [0.25, 0.3) is 0 Å². The van der Waals surface area contributed by atoms with Crippen molar-refractivity contribution in [2.24, 2.45) is 23.2 Å². The third kappa shape index (κ3) is 2.96. The minimum Gasteiger partial charge on any atom is -0.461 e. The first-order valence-corrected chi connectivity index (χ1v) is 10.5. The summed E-state index contributed by atoms with van der Waals surface area (Å²) in [6.07, 6.45) is 4.70. The van der Waals surface area contributed by atoms with E-state index in [1.54, 1.807) is 17.4 Å². The number of carbonyl (C=O) groups is 2. The number of hydrogen-bond acceptors (Lipinski definition) is 5. The number of hydrogen-bond donors (Lipinski definition) is 2. The Kier molecular flexibility index (Phi) is 4.53. The number of fused-ring (bicyclic) bond motifs is 4. The number of urea groups is 1. The second-order valence-corrected chi connectivity index (χ2v) is 9.57. The molecule has 0 radical (unpaired) electrons. The Labute approximate surface area is 163 Å². The molecule has 1 aliphatic heterocycles. The van der Waals surface area contributed by atoms with Crippen molar-refractivity contribution in [2.45, 2.75) is 52.1 Å². The van der Waals surface area contributed by atoms with Gasteiger partial charge in [0.1, 0.15) is 6.10 Å². The number of amides is 2. The maximum Gasteiger partial charge on any atom is 0.321 e. The number of ether oxygens (including phenoxy) is 1.